The first-order chi connectivity index (χ1) is 15.1. The van der Waals surface area contributed by atoms with Gasteiger partial charge in [0.15, 0.2) is 11.0 Å². The number of hydrogen-bond acceptors (Lipinski definition) is 8. The summed E-state index contributed by atoms with van der Waals surface area (Å²) in [6, 6.07) is 13.2. The van der Waals surface area contributed by atoms with Crippen molar-refractivity contribution in [1.29, 1.82) is 0 Å². The molecule has 3 aromatic heterocycles. The predicted molar refractivity (Wildman–Crippen MR) is 119 cm³/mol. The minimum absolute atomic E-state index is 0.0891. The van der Waals surface area contributed by atoms with E-state index in [1.165, 1.54) is 30.2 Å². The lowest BCUT2D eigenvalue weighted by atomic mass is 10.2. The second kappa shape index (κ2) is 9.19. The molecule has 0 unspecified atom stereocenters. The predicted octanol–water partition coefficient (Wildman–Crippen LogP) is 4.41. The van der Waals surface area contributed by atoms with Crippen molar-refractivity contribution < 1.29 is 18.7 Å². The first-order valence-corrected chi connectivity index (χ1v) is 11.1. The molecule has 10 heteroatoms. The molecule has 1 amide bonds. The van der Waals surface area contributed by atoms with Crippen LogP contribution in [0, 0.1) is 6.92 Å². The lowest BCUT2D eigenvalue weighted by molar-refractivity contribution is -0.113. The standard InChI is InChI=1S/C21H18N4O4S2/c1-13-15(8-10-29-13)19-23-24-21(25(19)14-6-4-3-5-7-14)31-12-17(26)22-16-9-11-30-18(16)20(27)28-2/h3-11H,12H2,1-2H3,(H,22,26). The SMILES string of the molecule is COC(=O)c1sccc1NC(=O)CSc1nnc(-c2ccoc2C)n1-c1ccccc1. The molecule has 0 saturated heterocycles. The number of ether oxygens (including phenoxy) is 1. The molecule has 1 aromatic carbocycles. The highest BCUT2D eigenvalue weighted by Crippen LogP contribution is 2.30. The minimum Gasteiger partial charge on any atom is -0.469 e. The van der Waals surface area contributed by atoms with Gasteiger partial charge in [-0.05, 0) is 36.6 Å². The number of methoxy groups -OCH3 is 1. The van der Waals surface area contributed by atoms with E-state index in [0.29, 0.717) is 21.5 Å². The summed E-state index contributed by atoms with van der Waals surface area (Å²) >= 11 is 2.46. The van der Waals surface area contributed by atoms with E-state index in [1.54, 1.807) is 17.7 Å². The molecule has 4 rings (SSSR count). The van der Waals surface area contributed by atoms with Gasteiger partial charge in [-0.2, -0.15) is 0 Å². The van der Waals surface area contributed by atoms with E-state index in [2.05, 4.69) is 15.5 Å². The summed E-state index contributed by atoms with van der Waals surface area (Å²) in [6.45, 7) is 1.86. The average molecular weight is 455 g/mol. The fraction of sp³-hybridized carbons (Fsp3) is 0.143. The number of furan rings is 1. The zero-order chi connectivity index (χ0) is 21.8. The number of aryl methyl sites for hydroxylation is 1. The molecule has 0 fully saturated rings. The molecule has 0 aliphatic heterocycles. The van der Waals surface area contributed by atoms with Crippen LogP contribution >= 0.6 is 23.1 Å². The highest BCUT2D eigenvalue weighted by atomic mass is 32.2. The van der Waals surface area contributed by atoms with E-state index in [9.17, 15) is 9.59 Å². The second-order valence-corrected chi connectivity index (χ2v) is 8.22. The van der Waals surface area contributed by atoms with Gasteiger partial charge in [-0.25, -0.2) is 4.79 Å². The van der Waals surface area contributed by atoms with Crippen LogP contribution in [-0.4, -0.2) is 39.5 Å². The van der Waals surface area contributed by atoms with Crippen LogP contribution in [0.2, 0.25) is 0 Å². The monoisotopic (exact) mass is 454 g/mol. The Hall–Kier alpha value is -3.37. The van der Waals surface area contributed by atoms with Gasteiger partial charge in [0, 0.05) is 5.69 Å². The molecule has 0 aliphatic rings. The Morgan fingerprint density at radius 3 is 2.71 bits per heavy atom. The van der Waals surface area contributed by atoms with Crippen molar-refractivity contribution in [2.75, 3.05) is 18.2 Å². The summed E-state index contributed by atoms with van der Waals surface area (Å²) in [4.78, 5) is 24.7. The first-order valence-electron chi connectivity index (χ1n) is 9.22. The number of esters is 1. The van der Waals surface area contributed by atoms with Crippen LogP contribution in [0.5, 0.6) is 0 Å². The number of rotatable bonds is 7. The van der Waals surface area contributed by atoms with E-state index in [4.69, 9.17) is 9.15 Å². The van der Waals surface area contributed by atoms with Crippen molar-refractivity contribution in [3.8, 4) is 17.1 Å². The summed E-state index contributed by atoms with van der Waals surface area (Å²) in [5.41, 5.74) is 2.13. The Balaban J connectivity index is 1.56. The number of thioether (sulfide) groups is 1. The summed E-state index contributed by atoms with van der Waals surface area (Å²) in [5.74, 6) is 0.697. The van der Waals surface area contributed by atoms with Crippen molar-refractivity contribution >= 4 is 40.7 Å². The van der Waals surface area contributed by atoms with Gasteiger partial charge in [0.25, 0.3) is 0 Å². The van der Waals surface area contributed by atoms with Crippen LogP contribution in [0.1, 0.15) is 15.4 Å². The number of carbonyl (C=O) groups is 2. The van der Waals surface area contributed by atoms with Crippen molar-refractivity contribution in [2.24, 2.45) is 0 Å². The number of thiophene rings is 1. The van der Waals surface area contributed by atoms with Crippen molar-refractivity contribution in [2.45, 2.75) is 12.1 Å². The Morgan fingerprint density at radius 2 is 2.00 bits per heavy atom. The summed E-state index contributed by atoms with van der Waals surface area (Å²) in [5, 5.41) is 13.7. The molecule has 31 heavy (non-hydrogen) atoms. The maximum absolute atomic E-state index is 12.5. The van der Waals surface area contributed by atoms with Gasteiger partial charge in [-0.15, -0.1) is 21.5 Å². The summed E-state index contributed by atoms with van der Waals surface area (Å²) < 4.78 is 12.1. The maximum atomic E-state index is 12.5. The Bertz CT molecular complexity index is 1210. The maximum Gasteiger partial charge on any atom is 0.350 e. The fourth-order valence-electron chi connectivity index (χ4n) is 2.94. The van der Waals surface area contributed by atoms with Gasteiger partial charge >= 0.3 is 5.97 Å². The number of hydrogen-bond donors (Lipinski definition) is 1. The fourth-order valence-corrected chi connectivity index (χ4v) is 4.46. The molecule has 0 aliphatic carbocycles. The molecule has 0 spiro atoms. The largest absolute Gasteiger partial charge is 0.469 e. The van der Waals surface area contributed by atoms with Crippen LogP contribution in [0.25, 0.3) is 17.1 Å². The third-order valence-electron chi connectivity index (χ3n) is 4.39. The average Bonchev–Trinajstić information content (AvgIpc) is 3.51. The molecule has 4 aromatic rings. The Kier molecular flexibility index (Phi) is 6.19. The van der Waals surface area contributed by atoms with E-state index < -0.39 is 5.97 Å². The molecular formula is C21H18N4O4S2. The van der Waals surface area contributed by atoms with E-state index in [0.717, 1.165) is 17.0 Å². The molecule has 0 radical (unpaired) electrons. The lowest BCUT2D eigenvalue weighted by Crippen LogP contribution is -2.16. The van der Waals surface area contributed by atoms with Crippen LogP contribution in [0.4, 0.5) is 5.69 Å². The quantitative estimate of drug-likeness (QED) is 0.326. The molecule has 0 bridgehead atoms. The number of nitrogens with zero attached hydrogens (tertiary/aromatic N) is 3. The summed E-state index contributed by atoms with van der Waals surface area (Å²) in [7, 11) is 1.30. The number of benzene rings is 1. The number of amides is 1. The molecule has 158 valence electrons. The van der Waals surface area contributed by atoms with Crippen LogP contribution < -0.4 is 5.32 Å². The van der Waals surface area contributed by atoms with Gasteiger partial charge < -0.3 is 14.5 Å². The smallest absolute Gasteiger partial charge is 0.350 e. The van der Waals surface area contributed by atoms with Gasteiger partial charge in [-0.3, -0.25) is 9.36 Å². The third kappa shape index (κ3) is 4.39. The number of carbonyl (C=O) groups excluding carboxylic acids is 2. The normalized spacial score (nSPS) is 10.8. The van der Waals surface area contributed by atoms with Crippen LogP contribution in [0.15, 0.2) is 63.7 Å². The van der Waals surface area contributed by atoms with Crippen LogP contribution in [0.3, 0.4) is 0 Å². The van der Waals surface area contributed by atoms with Crippen molar-refractivity contribution in [1.82, 2.24) is 14.8 Å². The number of anilines is 1. The van der Waals surface area contributed by atoms with Gasteiger partial charge in [0.05, 0.1) is 30.4 Å². The summed E-state index contributed by atoms with van der Waals surface area (Å²) in [6.07, 6.45) is 1.61. The molecule has 8 nitrogen and oxygen atoms in total. The van der Waals surface area contributed by atoms with Crippen molar-refractivity contribution in [3.63, 3.8) is 0 Å². The number of aromatic nitrogens is 3. The van der Waals surface area contributed by atoms with Crippen LogP contribution in [-0.2, 0) is 9.53 Å². The van der Waals surface area contributed by atoms with E-state index in [1.807, 2.05) is 47.9 Å². The number of nitrogens with one attached hydrogen (secondary N) is 1. The van der Waals surface area contributed by atoms with Gasteiger partial charge in [0.1, 0.15) is 10.6 Å². The number of para-hydroxylation sites is 1. The minimum atomic E-state index is -0.484. The topological polar surface area (TPSA) is 99.2 Å². The Labute approximate surface area is 186 Å². The van der Waals surface area contributed by atoms with Gasteiger partial charge in [-0.1, -0.05) is 30.0 Å². The zero-order valence-corrected chi connectivity index (χ0v) is 18.3. The van der Waals surface area contributed by atoms with E-state index in [-0.39, 0.29) is 11.7 Å². The van der Waals surface area contributed by atoms with E-state index >= 15 is 0 Å². The lowest BCUT2D eigenvalue weighted by Gasteiger charge is -2.10. The third-order valence-corrected chi connectivity index (χ3v) is 6.21. The highest BCUT2D eigenvalue weighted by molar-refractivity contribution is 7.99. The molecule has 0 atom stereocenters. The highest BCUT2D eigenvalue weighted by Gasteiger charge is 2.20. The molecule has 3 heterocycles. The second-order valence-electron chi connectivity index (χ2n) is 6.36. The van der Waals surface area contributed by atoms with Gasteiger partial charge in [0.2, 0.25) is 5.91 Å². The zero-order valence-electron chi connectivity index (χ0n) is 16.7. The van der Waals surface area contributed by atoms with Crippen molar-refractivity contribution in [3.05, 3.63) is 64.7 Å². The Morgan fingerprint density at radius 1 is 1.19 bits per heavy atom. The molecular weight excluding hydrogens is 436 g/mol. The molecule has 0 saturated carbocycles. The first kappa shape index (κ1) is 20.9. The molecule has 1 N–H and O–H groups in total.